The van der Waals surface area contributed by atoms with Gasteiger partial charge in [0, 0.05) is 28.2 Å². The van der Waals surface area contributed by atoms with Crippen LogP contribution in [0.1, 0.15) is 13.8 Å². The Kier molecular flexibility index (Phi) is 7.44. The maximum absolute atomic E-state index is 12.8. The molecule has 0 saturated carbocycles. The number of amides is 2. The molecule has 0 unspecified atom stereocenters. The molecule has 0 aliphatic heterocycles. The van der Waals surface area contributed by atoms with Gasteiger partial charge in [-0.15, -0.1) is 13.2 Å². The summed E-state index contributed by atoms with van der Waals surface area (Å²) in [6.45, 7) is 3.17. The summed E-state index contributed by atoms with van der Waals surface area (Å²) >= 11 is 0. The van der Waals surface area contributed by atoms with Gasteiger partial charge in [0.15, 0.2) is 0 Å². The second kappa shape index (κ2) is 10.5. The molecule has 10 nitrogen and oxygen atoms in total. The van der Waals surface area contributed by atoms with Gasteiger partial charge in [0.25, 0.3) is 0 Å². The van der Waals surface area contributed by atoms with Crippen molar-refractivity contribution in [3.8, 4) is 5.75 Å². The number of hydrogen-bond acceptors (Lipinski definition) is 6. The summed E-state index contributed by atoms with van der Waals surface area (Å²) in [4.78, 5) is 23.7. The number of carbonyl (C=O) groups is 2. The van der Waals surface area contributed by atoms with E-state index in [0.29, 0.717) is 27.6 Å². The Morgan fingerprint density at radius 3 is 2.15 bits per heavy atom. The largest absolute Gasteiger partial charge is 0.573 e. The molecule has 4 N–H and O–H groups in total. The summed E-state index contributed by atoms with van der Waals surface area (Å²) in [6, 6.07) is 11.4. The molecule has 39 heavy (non-hydrogen) atoms. The molecule has 14 heteroatoms. The Morgan fingerprint density at radius 1 is 0.897 bits per heavy atom. The molecule has 3 aromatic carbocycles. The van der Waals surface area contributed by atoms with Gasteiger partial charge >= 0.3 is 18.4 Å². The number of halogens is 3. The van der Waals surface area contributed by atoms with E-state index in [9.17, 15) is 36.3 Å². The molecule has 0 aliphatic rings. The number of sulfonamides is 1. The predicted molar refractivity (Wildman–Crippen MR) is 136 cm³/mol. The number of alkyl halides is 3. The molecule has 4 rings (SSSR count). The van der Waals surface area contributed by atoms with Gasteiger partial charge in [0.1, 0.15) is 23.0 Å². The number of nitrogens with one attached hydrogen (secondary N) is 3. The van der Waals surface area contributed by atoms with E-state index >= 15 is 0 Å². The molecule has 4 aromatic rings. The number of urea groups is 1. The molecule has 1 atom stereocenters. The Labute approximate surface area is 219 Å². The third-order valence-corrected chi connectivity index (χ3v) is 7.01. The standard InChI is InChI=1S/C25H22F3N3O7S/c1-13(2)22(23(32)33)31-39(35,36)17-8-10-20-19(12-17)18-9-5-15(11-21(18)37-20)30-24(34)29-14-3-6-16(7-4-14)38-25(26,27)28/h3-13,22,31H,1-2H3,(H,32,33)(H2,29,30,34)/t22-/m1/s1. The lowest BCUT2D eigenvalue weighted by Gasteiger charge is -2.17. The van der Waals surface area contributed by atoms with Gasteiger partial charge in [-0.25, -0.2) is 13.2 Å². The third-order valence-electron chi connectivity index (χ3n) is 5.57. The first-order valence-corrected chi connectivity index (χ1v) is 12.9. The zero-order valence-electron chi connectivity index (χ0n) is 20.4. The van der Waals surface area contributed by atoms with Crippen LogP contribution in [0.3, 0.4) is 0 Å². The van der Waals surface area contributed by atoms with Crippen LogP contribution in [0.5, 0.6) is 5.75 Å². The van der Waals surface area contributed by atoms with E-state index in [1.165, 1.54) is 36.4 Å². The van der Waals surface area contributed by atoms with Gasteiger partial charge in [-0.3, -0.25) is 4.79 Å². The van der Waals surface area contributed by atoms with Gasteiger partial charge < -0.3 is 24.9 Å². The fraction of sp³-hybridized carbons (Fsp3) is 0.200. The van der Waals surface area contributed by atoms with Crippen molar-refractivity contribution < 1.29 is 45.4 Å². The summed E-state index contributed by atoms with van der Waals surface area (Å²) in [5.41, 5.74) is 1.25. The molecule has 2 amide bonds. The summed E-state index contributed by atoms with van der Waals surface area (Å²) in [5.74, 6) is -2.21. The highest BCUT2D eigenvalue weighted by molar-refractivity contribution is 7.89. The fourth-order valence-corrected chi connectivity index (χ4v) is 5.11. The highest BCUT2D eigenvalue weighted by Gasteiger charge is 2.31. The number of carboxylic acids is 1. The summed E-state index contributed by atoms with van der Waals surface area (Å²) in [5, 5.41) is 15.4. The van der Waals surface area contributed by atoms with Crippen molar-refractivity contribution in [1.82, 2.24) is 4.72 Å². The summed E-state index contributed by atoms with van der Waals surface area (Å²) < 4.78 is 74.3. The average molecular weight is 566 g/mol. The second-order valence-corrected chi connectivity index (χ2v) is 10.5. The minimum atomic E-state index is -4.83. The van der Waals surface area contributed by atoms with E-state index in [1.807, 2.05) is 0 Å². The van der Waals surface area contributed by atoms with Crippen LogP contribution in [0.4, 0.5) is 29.3 Å². The summed E-state index contributed by atoms with van der Waals surface area (Å²) in [6.07, 6.45) is -4.83. The number of aliphatic carboxylic acids is 1. The van der Waals surface area contributed by atoms with E-state index < -0.39 is 46.1 Å². The number of carbonyl (C=O) groups excluding carboxylic acids is 1. The topological polar surface area (TPSA) is 147 Å². The van der Waals surface area contributed by atoms with E-state index in [4.69, 9.17) is 4.42 Å². The molecule has 0 spiro atoms. The van der Waals surface area contributed by atoms with E-state index in [1.54, 1.807) is 26.0 Å². The Balaban J connectivity index is 1.51. The number of anilines is 2. The van der Waals surface area contributed by atoms with Crippen molar-refractivity contribution in [2.75, 3.05) is 10.6 Å². The van der Waals surface area contributed by atoms with Crippen molar-refractivity contribution in [2.45, 2.75) is 31.1 Å². The lowest BCUT2D eigenvalue weighted by Crippen LogP contribution is -2.44. The van der Waals surface area contributed by atoms with Gasteiger partial charge in [-0.1, -0.05) is 13.8 Å². The molecule has 1 heterocycles. The van der Waals surface area contributed by atoms with Gasteiger partial charge in [0.2, 0.25) is 10.0 Å². The Hall–Kier alpha value is -4.30. The average Bonchev–Trinajstić information content (AvgIpc) is 3.19. The van der Waals surface area contributed by atoms with Gasteiger partial charge in [-0.05, 0) is 60.5 Å². The smallest absolute Gasteiger partial charge is 0.480 e. The summed E-state index contributed by atoms with van der Waals surface area (Å²) in [7, 11) is -4.15. The zero-order valence-corrected chi connectivity index (χ0v) is 21.2. The predicted octanol–water partition coefficient (Wildman–Crippen LogP) is 5.52. The SMILES string of the molecule is CC(C)[C@@H](NS(=O)(=O)c1ccc2oc3cc(NC(=O)Nc4ccc(OC(F)(F)F)cc4)ccc3c2c1)C(=O)O. The van der Waals surface area contributed by atoms with Crippen LogP contribution < -0.4 is 20.1 Å². The van der Waals surface area contributed by atoms with Crippen molar-refractivity contribution in [3.05, 3.63) is 60.7 Å². The molecule has 0 saturated heterocycles. The maximum Gasteiger partial charge on any atom is 0.573 e. The second-order valence-electron chi connectivity index (χ2n) is 8.80. The molecular weight excluding hydrogens is 543 g/mol. The first-order valence-electron chi connectivity index (χ1n) is 11.4. The highest BCUT2D eigenvalue weighted by Crippen LogP contribution is 2.32. The number of rotatable bonds is 8. The normalized spacial score (nSPS) is 13.0. The maximum atomic E-state index is 12.8. The lowest BCUT2D eigenvalue weighted by atomic mass is 10.1. The number of fused-ring (bicyclic) bond motifs is 3. The van der Waals surface area contributed by atoms with Crippen molar-refractivity contribution in [3.63, 3.8) is 0 Å². The zero-order chi connectivity index (χ0) is 28.5. The van der Waals surface area contributed by atoms with Crippen LogP contribution >= 0.6 is 0 Å². The minimum Gasteiger partial charge on any atom is -0.480 e. The van der Waals surface area contributed by atoms with E-state index in [-0.39, 0.29) is 10.6 Å². The monoisotopic (exact) mass is 565 g/mol. The van der Waals surface area contributed by atoms with Crippen molar-refractivity contribution in [1.29, 1.82) is 0 Å². The number of ether oxygens (including phenoxy) is 1. The number of furan rings is 1. The third kappa shape index (κ3) is 6.59. The fourth-order valence-electron chi connectivity index (χ4n) is 3.74. The number of hydrogen-bond donors (Lipinski definition) is 4. The molecule has 206 valence electrons. The van der Waals surface area contributed by atoms with Crippen LogP contribution in [0, 0.1) is 5.92 Å². The molecule has 0 radical (unpaired) electrons. The van der Waals surface area contributed by atoms with E-state index in [2.05, 4.69) is 20.1 Å². The van der Waals surface area contributed by atoms with Crippen molar-refractivity contribution >= 4 is 55.3 Å². The number of carboxylic acid groups (broad SMARTS) is 1. The molecule has 0 fully saturated rings. The highest BCUT2D eigenvalue weighted by atomic mass is 32.2. The minimum absolute atomic E-state index is 0.141. The van der Waals surface area contributed by atoms with Crippen LogP contribution in [-0.4, -0.2) is 37.9 Å². The molecular formula is C25H22F3N3O7S. The first-order chi connectivity index (χ1) is 18.2. The van der Waals surface area contributed by atoms with Crippen LogP contribution in [-0.2, 0) is 14.8 Å². The van der Waals surface area contributed by atoms with Gasteiger partial charge in [0.05, 0.1) is 4.90 Å². The molecule has 1 aromatic heterocycles. The molecule has 0 aliphatic carbocycles. The van der Waals surface area contributed by atoms with Crippen LogP contribution in [0.2, 0.25) is 0 Å². The van der Waals surface area contributed by atoms with Crippen LogP contribution in [0.25, 0.3) is 21.9 Å². The Bertz CT molecular complexity index is 1650. The quantitative estimate of drug-likeness (QED) is 0.220. The number of benzene rings is 3. The first kappa shape index (κ1) is 27.7. The van der Waals surface area contributed by atoms with Crippen LogP contribution in [0.15, 0.2) is 70.0 Å². The van der Waals surface area contributed by atoms with Gasteiger partial charge in [-0.2, -0.15) is 4.72 Å². The van der Waals surface area contributed by atoms with E-state index in [0.717, 1.165) is 12.1 Å². The Morgan fingerprint density at radius 2 is 1.54 bits per heavy atom. The lowest BCUT2D eigenvalue weighted by molar-refractivity contribution is -0.274. The molecule has 0 bridgehead atoms. The van der Waals surface area contributed by atoms with Crippen molar-refractivity contribution in [2.24, 2.45) is 5.92 Å².